The van der Waals surface area contributed by atoms with Gasteiger partial charge in [-0.15, -0.1) is 0 Å². The number of nitrogen functional groups attached to an aromatic ring is 2. The number of hydrogen-bond donors (Lipinski definition) is 4. The summed E-state index contributed by atoms with van der Waals surface area (Å²) in [6, 6.07) is 8.88. The fraction of sp³-hybridized carbons (Fsp3) is 0. The zero-order valence-corrected chi connectivity index (χ0v) is 8.53. The van der Waals surface area contributed by atoms with Crippen LogP contribution in [0, 0.1) is 0 Å². The number of primary amides is 1. The van der Waals surface area contributed by atoms with Crippen LogP contribution in [0.4, 0.5) is 11.5 Å². The van der Waals surface area contributed by atoms with Gasteiger partial charge in [0.1, 0.15) is 5.82 Å². The van der Waals surface area contributed by atoms with Crippen LogP contribution in [0.2, 0.25) is 0 Å². The molecule has 5 nitrogen and oxygen atoms in total. The number of benzene rings is 1. The Hall–Kier alpha value is -2.43. The van der Waals surface area contributed by atoms with E-state index in [9.17, 15) is 4.79 Å². The summed E-state index contributed by atoms with van der Waals surface area (Å²) in [5, 5.41) is 0. The number of nitrogens with two attached hydrogens (primary N) is 3. The number of carbonyl (C=O) groups excluding carboxylic acids is 1. The maximum atomic E-state index is 11.0. The van der Waals surface area contributed by atoms with Crippen LogP contribution in [-0.4, -0.2) is 10.9 Å². The Morgan fingerprint density at radius 3 is 2.50 bits per heavy atom. The van der Waals surface area contributed by atoms with E-state index in [1.54, 1.807) is 18.2 Å². The van der Waals surface area contributed by atoms with E-state index in [1.807, 2.05) is 12.1 Å². The highest BCUT2D eigenvalue weighted by Crippen LogP contribution is 2.24. The summed E-state index contributed by atoms with van der Waals surface area (Å²) in [4.78, 5) is 13.9. The molecule has 2 aromatic rings. The molecule has 0 aliphatic rings. The molecule has 7 N–H and O–H groups in total. The summed E-state index contributed by atoms with van der Waals surface area (Å²) in [5.74, 6) is -0.283. The number of rotatable bonds is 2. The smallest absolute Gasteiger partial charge is 0.252 e. The molecule has 0 atom stereocenters. The van der Waals surface area contributed by atoms with E-state index in [0.29, 0.717) is 5.69 Å². The third-order valence-electron chi connectivity index (χ3n) is 2.31. The fourth-order valence-electron chi connectivity index (χ4n) is 1.54. The maximum Gasteiger partial charge on any atom is 0.252 e. The molecule has 1 aromatic carbocycles. The number of amides is 1. The number of carbonyl (C=O) groups is 1. The predicted molar refractivity (Wildman–Crippen MR) is 63.6 cm³/mol. The van der Waals surface area contributed by atoms with Crippen molar-refractivity contribution in [3.63, 3.8) is 0 Å². The van der Waals surface area contributed by atoms with E-state index >= 15 is 0 Å². The number of anilines is 2. The van der Waals surface area contributed by atoms with Gasteiger partial charge in [0.25, 0.3) is 5.91 Å². The normalized spacial score (nSPS) is 10.2. The lowest BCUT2D eigenvalue weighted by Crippen LogP contribution is -2.11. The molecule has 5 heteroatoms. The first-order chi connectivity index (χ1) is 7.58. The first kappa shape index (κ1) is 10.1. The minimum atomic E-state index is -0.552. The Labute approximate surface area is 92.2 Å². The van der Waals surface area contributed by atoms with Crippen molar-refractivity contribution in [2.24, 2.45) is 5.73 Å². The highest BCUT2D eigenvalue weighted by Gasteiger charge is 2.11. The van der Waals surface area contributed by atoms with Crippen LogP contribution in [0.15, 0.2) is 30.3 Å². The maximum absolute atomic E-state index is 11.0. The number of H-pyrrole nitrogens is 1. The Balaban J connectivity index is 2.49. The van der Waals surface area contributed by atoms with E-state index in [0.717, 1.165) is 11.3 Å². The van der Waals surface area contributed by atoms with Gasteiger partial charge < -0.3 is 22.2 Å². The molecule has 0 aliphatic heterocycles. The predicted octanol–water partition coefficient (Wildman–Crippen LogP) is 0.945. The zero-order chi connectivity index (χ0) is 11.7. The number of aromatic amines is 1. The largest absolute Gasteiger partial charge is 0.399 e. The minimum Gasteiger partial charge on any atom is -0.399 e. The van der Waals surface area contributed by atoms with Crippen molar-refractivity contribution in [2.75, 3.05) is 11.5 Å². The zero-order valence-electron chi connectivity index (χ0n) is 8.53. The summed E-state index contributed by atoms with van der Waals surface area (Å²) in [6.45, 7) is 0. The molecule has 0 bridgehead atoms. The van der Waals surface area contributed by atoms with Crippen molar-refractivity contribution in [3.05, 3.63) is 35.9 Å². The molecule has 0 saturated carbocycles. The average molecular weight is 216 g/mol. The van der Waals surface area contributed by atoms with E-state index in [2.05, 4.69) is 4.98 Å². The molecule has 1 heterocycles. The summed E-state index contributed by atoms with van der Waals surface area (Å²) in [7, 11) is 0. The van der Waals surface area contributed by atoms with Crippen molar-refractivity contribution < 1.29 is 4.79 Å². The minimum absolute atomic E-state index is 0.268. The van der Waals surface area contributed by atoms with Gasteiger partial charge in [0, 0.05) is 16.9 Å². The van der Waals surface area contributed by atoms with Crippen LogP contribution >= 0.6 is 0 Å². The van der Waals surface area contributed by atoms with Gasteiger partial charge in [0.2, 0.25) is 0 Å². The second-order valence-corrected chi connectivity index (χ2v) is 3.50. The Kier molecular flexibility index (Phi) is 2.28. The van der Waals surface area contributed by atoms with E-state index in [4.69, 9.17) is 17.2 Å². The van der Waals surface area contributed by atoms with Gasteiger partial charge >= 0.3 is 0 Å². The van der Waals surface area contributed by atoms with Crippen molar-refractivity contribution >= 4 is 17.4 Å². The van der Waals surface area contributed by atoms with Crippen LogP contribution in [0.1, 0.15) is 10.4 Å². The molecule has 82 valence electrons. The van der Waals surface area contributed by atoms with E-state index in [-0.39, 0.29) is 11.4 Å². The highest BCUT2D eigenvalue weighted by molar-refractivity contribution is 5.99. The lowest BCUT2D eigenvalue weighted by Gasteiger charge is -1.98. The Morgan fingerprint density at radius 2 is 1.94 bits per heavy atom. The summed E-state index contributed by atoms with van der Waals surface area (Å²) in [6.07, 6.45) is 0. The molecular formula is C11H12N4O. The highest BCUT2D eigenvalue weighted by atomic mass is 16.1. The monoisotopic (exact) mass is 216 g/mol. The SMILES string of the molecule is NC(=O)c1cc(-c2cccc(N)c2)[nH]c1N. The first-order valence-electron chi connectivity index (χ1n) is 4.72. The standard InChI is InChI=1S/C11H12N4O/c12-7-3-1-2-6(4-7)9-5-8(11(14)16)10(13)15-9/h1-5,15H,12-13H2,(H2,14,16). The van der Waals surface area contributed by atoms with Crippen molar-refractivity contribution in [1.29, 1.82) is 0 Å². The third kappa shape index (κ3) is 1.70. The lowest BCUT2D eigenvalue weighted by molar-refractivity contribution is 0.100. The molecule has 0 spiro atoms. The number of nitrogens with one attached hydrogen (secondary N) is 1. The van der Waals surface area contributed by atoms with Crippen LogP contribution in [0.3, 0.4) is 0 Å². The van der Waals surface area contributed by atoms with Gasteiger partial charge in [-0.25, -0.2) is 0 Å². The molecule has 1 amide bonds. The van der Waals surface area contributed by atoms with Crippen molar-refractivity contribution in [2.45, 2.75) is 0 Å². The van der Waals surface area contributed by atoms with Gasteiger partial charge in [-0.05, 0) is 18.2 Å². The summed E-state index contributed by atoms with van der Waals surface area (Å²) < 4.78 is 0. The Morgan fingerprint density at radius 1 is 1.19 bits per heavy atom. The summed E-state index contributed by atoms with van der Waals surface area (Å²) in [5.41, 5.74) is 19.0. The number of aromatic nitrogens is 1. The summed E-state index contributed by atoms with van der Waals surface area (Å²) >= 11 is 0. The van der Waals surface area contributed by atoms with Gasteiger partial charge in [-0.2, -0.15) is 0 Å². The molecule has 0 radical (unpaired) electrons. The Bertz CT molecular complexity index is 545. The molecular weight excluding hydrogens is 204 g/mol. The average Bonchev–Trinajstić information content (AvgIpc) is 2.60. The van der Waals surface area contributed by atoms with Crippen LogP contribution in [0.5, 0.6) is 0 Å². The fourth-order valence-corrected chi connectivity index (χ4v) is 1.54. The number of hydrogen-bond acceptors (Lipinski definition) is 3. The molecule has 16 heavy (non-hydrogen) atoms. The van der Waals surface area contributed by atoms with Crippen molar-refractivity contribution in [3.8, 4) is 11.3 Å². The van der Waals surface area contributed by atoms with Crippen LogP contribution in [0.25, 0.3) is 11.3 Å². The van der Waals surface area contributed by atoms with E-state index < -0.39 is 5.91 Å². The van der Waals surface area contributed by atoms with Crippen LogP contribution in [-0.2, 0) is 0 Å². The second kappa shape index (κ2) is 3.62. The van der Waals surface area contributed by atoms with Gasteiger partial charge in [0.15, 0.2) is 0 Å². The molecule has 0 saturated heterocycles. The molecule has 0 fully saturated rings. The van der Waals surface area contributed by atoms with Gasteiger partial charge in [-0.3, -0.25) is 4.79 Å². The van der Waals surface area contributed by atoms with Crippen LogP contribution < -0.4 is 17.2 Å². The first-order valence-corrected chi connectivity index (χ1v) is 4.72. The lowest BCUT2D eigenvalue weighted by atomic mass is 10.1. The molecule has 0 unspecified atom stereocenters. The van der Waals surface area contributed by atoms with E-state index in [1.165, 1.54) is 0 Å². The molecule has 2 rings (SSSR count). The second-order valence-electron chi connectivity index (χ2n) is 3.50. The molecule has 0 aliphatic carbocycles. The molecule has 1 aromatic heterocycles. The van der Waals surface area contributed by atoms with Crippen molar-refractivity contribution in [1.82, 2.24) is 4.98 Å². The quantitative estimate of drug-likeness (QED) is 0.560. The van der Waals surface area contributed by atoms with Gasteiger partial charge in [-0.1, -0.05) is 12.1 Å². The third-order valence-corrected chi connectivity index (χ3v) is 2.31. The van der Waals surface area contributed by atoms with Gasteiger partial charge in [0.05, 0.1) is 5.56 Å². The topological polar surface area (TPSA) is 111 Å².